The minimum Gasteiger partial charge on any atom is -0.388 e. The van der Waals surface area contributed by atoms with Gasteiger partial charge in [0.1, 0.15) is 5.82 Å². The van der Waals surface area contributed by atoms with Gasteiger partial charge in [-0.05, 0) is 35.4 Å². The molecule has 0 amide bonds. The topological polar surface area (TPSA) is 46.2 Å². The molecule has 0 fully saturated rings. The van der Waals surface area contributed by atoms with Crippen LogP contribution in [0.1, 0.15) is 23.1 Å². The van der Waals surface area contributed by atoms with E-state index in [1.165, 1.54) is 12.1 Å². The highest BCUT2D eigenvalue weighted by atomic mass is 79.9. The number of hydrogen-bond donors (Lipinski definition) is 2. The van der Waals surface area contributed by atoms with Crippen LogP contribution < -0.4 is 5.73 Å². The van der Waals surface area contributed by atoms with Crippen LogP contribution in [0.4, 0.5) is 4.39 Å². The van der Waals surface area contributed by atoms with Gasteiger partial charge >= 0.3 is 0 Å². The van der Waals surface area contributed by atoms with E-state index in [2.05, 4.69) is 15.9 Å². The van der Waals surface area contributed by atoms with E-state index in [0.29, 0.717) is 5.56 Å². The van der Waals surface area contributed by atoms with E-state index < -0.39 is 11.9 Å². The lowest BCUT2D eigenvalue weighted by atomic mass is 9.89. The molecule has 2 aromatic rings. The molecule has 0 heterocycles. The number of hydrogen-bond acceptors (Lipinski definition) is 2. The first kappa shape index (κ1) is 15.4. The van der Waals surface area contributed by atoms with Crippen LogP contribution in [0.15, 0.2) is 46.9 Å². The molecule has 106 valence electrons. The Labute approximate surface area is 130 Å². The van der Waals surface area contributed by atoms with Crippen LogP contribution in [0.25, 0.3) is 0 Å². The van der Waals surface area contributed by atoms with Gasteiger partial charge in [0, 0.05) is 22.0 Å². The highest BCUT2D eigenvalue weighted by molar-refractivity contribution is 9.10. The fourth-order valence-corrected chi connectivity index (χ4v) is 2.69. The van der Waals surface area contributed by atoms with E-state index in [1.807, 2.05) is 24.3 Å². The van der Waals surface area contributed by atoms with E-state index in [9.17, 15) is 9.50 Å². The quantitative estimate of drug-likeness (QED) is 0.867. The summed E-state index contributed by atoms with van der Waals surface area (Å²) in [5, 5.41) is 10.7. The summed E-state index contributed by atoms with van der Waals surface area (Å²) >= 11 is 9.39. The molecule has 2 aromatic carbocycles. The van der Waals surface area contributed by atoms with Crippen molar-refractivity contribution < 1.29 is 9.50 Å². The minimum atomic E-state index is -0.795. The molecule has 0 saturated heterocycles. The van der Waals surface area contributed by atoms with E-state index >= 15 is 0 Å². The van der Waals surface area contributed by atoms with Gasteiger partial charge in [-0.2, -0.15) is 0 Å². The van der Waals surface area contributed by atoms with E-state index in [4.69, 9.17) is 17.3 Å². The summed E-state index contributed by atoms with van der Waals surface area (Å²) in [5.41, 5.74) is 7.14. The van der Waals surface area contributed by atoms with Gasteiger partial charge in [0.25, 0.3) is 0 Å². The van der Waals surface area contributed by atoms with Crippen LogP contribution >= 0.6 is 27.5 Å². The second-order valence-electron chi connectivity index (χ2n) is 4.50. The van der Waals surface area contributed by atoms with Gasteiger partial charge in [-0.1, -0.05) is 45.7 Å². The van der Waals surface area contributed by atoms with Crippen molar-refractivity contribution in [3.8, 4) is 0 Å². The van der Waals surface area contributed by atoms with Gasteiger partial charge in [0.15, 0.2) is 0 Å². The zero-order chi connectivity index (χ0) is 14.7. The number of nitrogens with two attached hydrogens (primary N) is 1. The molecule has 2 nitrogen and oxygen atoms in total. The fourth-order valence-electron chi connectivity index (χ4n) is 2.12. The van der Waals surface area contributed by atoms with Crippen molar-refractivity contribution in [1.29, 1.82) is 0 Å². The molecule has 0 bridgehead atoms. The number of rotatable bonds is 4. The molecule has 3 N–H and O–H groups in total. The largest absolute Gasteiger partial charge is 0.388 e. The molecule has 0 saturated carbocycles. The summed E-state index contributed by atoms with van der Waals surface area (Å²) in [6.07, 6.45) is -0.795. The maximum absolute atomic E-state index is 13.1. The number of halogens is 3. The third-order valence-electron chi connectivity index (χ3n) is 3.21. The highest BCUT2D eigenvalue weighted by Gasteiger charge is 2.23. The molecule has 0 aliphatic heterocycles. The highest BCUT2D eigenvalue weighted by Crippen LogP contribution is 2.34. The maximum atomic E-state index is 13.1. The van der Waals surface area contributed by atoms with Crippen molar-refractivity contribution in [3.63, 3.8) is 0 Å². The summed E-state index contributed by atoms with van der Waals surface area (Å²) < 4.78 is 14.0. The van der Waals surface area contributed by atoms with Crippen LogP contribution in [0.2, 0.25) is 5.02 Å². The van der Waals surface area contributed by atoms with Crippen molar-refractivity contribution in [2.24, 2.45) is 5.73 Å². The fraction of sp³-hybridized carbons (Fsp3) is 0.200. The number of aliphatic hydroxyl groups excluding tert-OH is 1. The van der Waals surface area contributed by atoms with Gasteiger partial charge in [0.05, 0.1) is 6.10 Å². The van der Waals surface area contributed by atoms with Crippen LogP contribution in [0.3, 0.4) is 0 Å². The lowest BCUT2D eigenvalue weighted by Gasteiger charge is -2.23. The van der Waals surface area contributed by atoms with Crippen molar-refractivity contribution in [2.75, 3.05) is 6.54 Å². The second kappa shape index (κ2) is 6.68. The smallest absolute Gasteiger partial charge is 0.124 e. The van der Waals surface area contributed by atoms with Crippen molar-refractivity contribution in [1.82, 2.24) is 0 Å². The molecule has 0 spiro atoms. The Hall–Kier alpha value is -0.940. The molecule has 20 heavy (non-hydrogen) atoms. The molecule has 0 aromatic heterocycles. The van der Waals surface area contributed by atoms with Gasteiger partial charge < -0.3 is 10.8 Å². The SMILES string of the molecule is NCC(c1ccc(F)cc1Cl)C(O)c1ccc(Br)cc1. The average molecular weight is 359 g/mol. The Morgan fingerprint density at radius 3 is 2.40 bits per heavy atom. The monoisotopic (exact) mass is 357 g/mol. The summed E-state index contributed by atoms with van der Waals surface area (Å²) in [7, 11) is 0. The average Bonchev–Trinajstić information content (AvgIpc) is 2.42. The third-order valence-corrected chi connectivity index (χ3v) is 4.06. The van der Waals surface area contributed by atoms with Gasteiger partial charge in [0.2, 0.25) is 0 Å². The molecular formula is C15H14BrClFNO. The summed E-state index contributed by atoms with van der Waals surface area (Å²) in [6, 6.07) is 11.4. The first-order valence-corrected chi connectivity index (χ1v) is 7.28. The van der Waals surface area contributed by atoms with Crippen molar-refractivity contribution in [3.05, 3.63) is 68.9 Å². The number of benzene rings is 2. The van der Waals surface area contributed by atoms with Gasteiger partial charge in [-0.25, -0.2) is 4.39 Å². The zero-order valence-electron chi connectivity index (χ0n) is 10.6. The standard InChI is InChI=1S/C15H14BrClFNO/c16-10-3-1-9(2-4-10)15(20)13(8-19)12-6-5-11(18)7-14(12)17/h1-7,13,15,20H,8,19H2. The molecule has 2 atom stereocenters. The Balaban J connectivity index is 2.33. The van der Waals surface area contributed by atoms with E-state index in [-0.39, 0.29) is 17.5 Å². The van der Waals surface area contributed by atoms with Crippen LogP contribution in [0.5, 0.6) is 0 Å². The minimum absolute atomic E-state index is 0.211. The Morgan fingerprint density at radius 2 is 1.85 bits per heavy atom. The van der Waals surface area contributed by atoms with Crippen LogP contribution in [0, 0.1) is 5.82 Å². The molecule has 2 rings (SSSR count). The molecular weight excluding hydrogens is 345 g/mol. The Kier molecular flexibility index (Phi) is 5.16. The first-order valence-electron chi connectivity index (χ1n) is 6.11. The van der Waals surface area contributed by atoms with Crippen molar-refractivity contribution in [2.45, 2.75) is 12.0 Å². The molecule has 5 heteroatoms. The summed E-state index contributed by atoms with van der Waals surface area (Å²) in [4.78, 5) is 0. The normalized spacial score (nSPS) is 14.1. The number of aliphatic hydroxyl groups is 1. The predicted octanol–water partition coefficient (Wildman–Crippen LogP) is 4.02. The summed E-state index contributed by atoms with van der Waals surface area (Å²) in [6.45, 7) is 0.211. The lowest BCUT2D eigenvalue weighted by molar-refractivity contribution is 0.147. The van der Waals surface area contributed by atoms with E-state index in [0.717, 1.165) is 10.0 Å². The zero-order valence-corrected chi connectivity index (χ0v) is 12.9. The van der Waals surface area contributed by atoms with E-state index in [1.54, 1.807) is 6.07 Å². The Bertz CT molecular complexity index is 591. The lowest BCUT2D eigenvalue weighted by Crippen LogP contribution is -2.20. The first-order chi connectivity index (χ1) is 9.52. The van der Waals surface area contributed by atoms with Crippen LogP contribution in [-0.2, 0) is 0 Å². The molecule has 0 radical (unpaired) electrons. The Morgan fingerprint density at radius 1 is 1.20 bits per heavy atom. The maximum Gasteiger partial charge on any atom is 0.124 e. The predicted molar refractivity (Wildman–Crippen MR) is 82.3 cm³/mol. The molecule has 2 unspecified atom stereocenters. The van der Waals surface area contributed by atoms with Gasteiger partial charge in [-0.15, -0.1) is 0 Å². The van der Waals surface area contributed by atoms with Crippen molar-refractivity contribution >= 4 is 27.5 Å². The van der Waals surface area contributed by atoms with Gasteiger partial charge in [-0.3, -0.25) is 0 Å². The van der Waals surface area contributed by atoms with Crippen LogP contribution in [-0.4, -0.2) is 11.7 Å². The molecule has 0 aliphatic carbocycles. The summed E-state index contributed by atoms with van der Waals surface area (Å²) in [5.74, 6) is -0.795. The third kappa shape index (κ3) is 3.38. The second-order valence-corrected chi connectivity index (χ2v) is 5.83. The molecule has 0 aliphatic rings.